The summed E-state index contributed by atoms with van der Waals surface area (Å²) in [4.78, 5) is 23.9. The van der Waals surface area contributed by atoms with Crippen molar-refractivity contribution in [2.24, 2.45) is 0 Å². The average Bonchev–Trinajstić information content (AvgIpc) is 2.61. The van der Waals surface area contributed by atoms with Gasteiger partial charge in [-0.1, -0.05) is 18.2 Å². The molecule has 0 saturated heterocycles. The predicted octanol–water partition coefficient (Wildman–Crippen LogP) is 3.20. The first-order valence-corrected chi connectivity index (χ1v) is 7.73. The zero-order valence-corrected chi connectivity index (χ0v) is 13.7. The fraction of sp³-hybridized carbons (Fsp3) is 0.211. The molecule has 0 saturated carbocycles. The van der Waals surface area contributed by atoms with Crippen LogP contribution in [0.1, 0.15) is 24.5 Å². The summed E-state index contributed by atoms with van der Waals surface area (Å²) >= 11 is 0. The molecule has 0 aliphatic carbocycles. The Morgan fingerprint density at radius 1 is 1.24 bits per heavy atom. The maximum absolute atomic E-state index is 12.8. The molecule has 0 unspecified atom stereocenters. The lowest BCUT2D eigenvalue weighted by Crippen LogP contribution is -2.30. The first kappa shape index (κ1) is 18.1. The molecule has 2 aromatic rings. The highest BCUT2D eigenvalue weighted by Gasteiger charge is 2.18. The molecule has 2 rings (SSSR count). The summed E-state index contributed by atoms with van der Waals surface area (Å²) < 4.78 is 17.9. The molecular formula is C19H17FN2O3. The molecular weight excluding hydrogens is 323 g/mol. The van der Waals surface area contributed by atoms with Crippen LogP contribution < -0.4 is 5.32 Å². The molecule has 25 heavy (non-hydrogen) atoms. The van der Waals surface area contributed by atoms with Gasteiger partial charge in [-0.15, -0.1) is 0 Å². The van der Waals surface area contributed by atoms with E-state index in [1.807, 2.05) is 6.07 Å². The first-order chi connectivity index (χ1) is 12.0. The molecule has 0 aliphatic heterocycles. The lowest BCUT2D eigenvalue weighted by atomic mass is 10.1. The minimum atomic E-state index is -0.966. The van der Waals surface area contributed by atoms with Gasteiger partial charge in [0.25, 0.3) is 5.91 Å². The van der Waals surface area contributed by atoms with E-state index in [-0.39, 0.29) is 12.2 Å². The quantitative estimate of drug-likeness (QED) is 0.819. The van der Waals surface area contributed by atoms with Crippen LogP contribution in [0.3, 0.4) is 0 Å². The van der Waals surface area contributed by atoms with E-state index >= 15 is 0 Å². The van der Waals surface area contributed by atoms with E-state index in [1.165, 1.54) is 25.1 Å². The lowest BCUT2D eigenvalue weighted by molar-refractivity contribution is -0.153. The second-order valence-electron chi connectivity index (χ2n) is 5.44. The number of nitrogens with zero attached hydrogens (tertiary/aromatic N) is 1. The number of anilines is 1. The van der Waals surface area contributed by atoms with Crippen LogP contribution in [0.25, 0.3) is 0 Å². The van der Waals surface area contributed by atoms with E-state index in [2.05, 4.69) is 5.32 Å². The summed E-state index contributed by atoms with van der Waals surface area (Å²) in [5.74, 6) is -1.33. The number of amides is 1. The summed E-state index contributed by atoms with van der Waals surface area (Å²) in [5, 5.41) is 11.4. The third kappa shape index (κ3) is 5.74. The topological polar surface area (TPSA) is 79.2 Å². The van der Waals surface area contributed by atoms with Crippen LogP contribution in [-0.4, -0.2) is 18.0 Å². The Bertz CT molecular complexity index is 797. The van der Waals surface area contributed by atoms with Crippen molar-refractivity contribution in [3.05, 3.63) is 65.5 Å². The van der Waals surface area contributed by atoms with Gasteiger partial charge < -0.3 is 10.1 Å². The molecule has 0 fully saturated rings. The zero-order valence-electron chi connectivity index (χ0n) is 13.7. The molecule has 6 heteroatoms. The molecule has 5 nitrogen and oxygen atoms in total. The summed E-state index contributed by atoms with van der Waals surface area (Å²) in [6.07, 6.45) is -0.475. The van der Waals surface area contributed by atoms with E-state index in [4.69, 9.17) is 10.00 Å². The maximum Gasteiger partial charge on any atom is 0.306 e. The smallest absolute Gasteiger partial charge is 0.306 e. The minimum absolute atomic E-state index is 0.0904. The molecule has 1 amide bonds. The summed E-state index contributed by atoms with van der Waals surface area (Å²) in [6.45, 7) is 1.47. The largest absolute Gasteiger partial charge is 0.453 e. The number of carbonyl (C=O) groups excluding carboxylic acids is 2. The second kappa shape index (κ2) is 8.60. The molecule has 0 radical (unpaired) electrons. The number of rotatable bonds is 6. The summed E-state index contributed by atoms with van der Waals surface area (Å²) in [6, 6.07) is 14.3. The first-order valence-electron chi connectivity index (χ1n) is 7.73. The van der Waals surface area contributed by atoms with Gasteiger partial charge in [-0.3, -0.25) is 9.59 Å². The predicted molar refractivity (Wildman–Crippen MR) is 90.1 cm³/mol. The Labute approximate surface area is 145 Å². The Hall–Kier alpha value is -3.20. The normalized spacial score (nSPS) is 11.2. The number of benzene rings is 2. The molecule has 2 aromatic carbocycles. The number of hydrogen-bond donors (Lipinski definition) is 1. The van der Waals surface area contributed by atoms with Gasteiger partial charge in [-0.05, 0) is 49.2 Å². The van der Waals surface area contributed by atoms with Gasteiger partial charge >= 0.3 is 5.97 Å². The third-order valence-electron chi connectivity index (χ3n) is 3.47. The number of aryl methyl sites for hydroxylation is 1. The van der Waals surface area contributed by atoms with Crippen LogP contribution in [0.5, 0.6) is 0 Å². The summed E-state index contributed by atoms with van der Waals surface area (Å²) in [7, 11) is 0. The van der Waals surface area contributed by atoms with Crippen molar-refractivity contribution >= 4 is 17.6 Å². The Morgan fingerprint density at radius 3 is 2.64 bits per heavy atom. The van der Waals surface area contributed by atoms with E-state index in [0.29, 0.717) is 17.7 Å². The number of nitriles is 1. The number of nitrogens with one attached hydrogen (secondary N) is 1. The molecule has 0 heterocycles. The number of halogens is 1. The van der Waals surface area contributed by atoms with E-state index in [9.17, 15) is 14.0 Å². The van der Waals surface area contributed by atoms with Gasteiger partial charge in [0, 0.05) is 12.1 Å². The lowest BCUT2D eigenvalue weighted by Gasteiger charge is -2.13. The van der Waals surface area contributed by atoms with Crippen molar-refractivity contribution in [1.29, 1.82) is 5.26 Å². The van der Waals surface area contributed by atoms with Crippen LogP contribution in [0.2, 0.25) is 0 Å². The molecule has 128 valence electrons. The van der Waals surface area contributed by atoms with Gasteiger partial charge in [-0.25, -0.2) is 4.39 Å². The molecule has 0 aliphatic rings. The Balaban J connectivity index is 1.82. The third-order valence-corrected chi connectivity index (χ3v) is 3.47. The van der Waals surface area contributed by atoms with Crippen LogP contribution >= 0.6 is 0 Å². The molecule has 1 N–H and O–H groups in total. The van der Waals surface area contributed by atoms with Crippen molar-refractivity contribution < 1.29 is 18.7 Å². The molecule has 0 bridgehead atoms. The van der Waals surface area contributed by atoms with Crippen molar-refractivity contribution in [3.8, 4) is 6.07 Å². The average molecular weight is 340 g/mol. The van der Waals surface area contributed by atoms with Crippen molar-refractivity contribution in [1.82, 2.24) is 0 Å². The Kier molecular flexibility index (Phi) is 6.24. The van der Waals surface area contributed by atoms with E-state index < -0.39 is 18.0 Å². The number of ether oxygens (including phenoxy) is 1. The van der Waals surface area contributed by atoms with E-state index in [1.54, 1.807) is 30.3 Å². The van der Waals surface area contributed by atoms with Crippen LogP contribution in [0, 0.1) is 17.1 Å². The fourth-order valence-corrected chi connectivity index (χ4v) is 2.12. The van der Waals surface area contributed by atoms with Crippen molar-refractivity contribution in [3.63, 3.8) is 0 Å². The number of hydrogen-bond acceptors (Lipinski definition) is 4. The zero-order chi connectivity index (χ0) is 18.2. The van der Waals surface area contributed by atoms with Gasteiger partial charge in [0.1, 0.15) is 5.82 Å². The fourth-order valence-electron chi connectivity index (χ4n) is 2.12. The van der Waals surface area contributed by atoms with Crippen LogP contribution in [0.4, 0.5) is 10.1 Å². The standard InChI is InChI=1S/C19H17FN2O3/c1-13(19(24)22-17-4-2-3-15(11-17)12-21)25-18(23)10-7-14-5-8-16(20)9-6-14/h2-6,8-9,11,13H,7,10H2,1H3,(H,22,24)/t13-/m0/s1. The van der Waals surface area contributed by atoms with Gasteiger partial charge in [-0.2, -0.15) is 5.26 Å². The van der Waals surface area contributed by atoms with Crippen molar-refractivity contribution in [2.75, 3.05) is 5.32 Å². The van der Waals surface area contributed by atoms with Crippen molar-refractivity contribution in [2.45, 2.75) is 25.9 Å². The SMILES string of the molecule is C[C@H](OC(=O)CCc1ccc(F)cc1)C(=O)Nc1cccc(C#N)c1. The van der Waals surface area contributed by atoms with Crippen LogP contribution in [-0.2, 0) is 20.7 Å². The summed E-state index contributed by atoms with van der Waals surface area (Å²) in [5.41, 5.74) is 1.68. The highest BCUT2D eigenvalue weighted by molar-refractivity contribution is 5.95. The molecule has 0 spiro atoms. The number of carbonyl (C=O) groups is 2. The van der Waals surface area contributed by atoms with E-state index in [0.717, 1.165) is 5.56 Å². The highest BCUT2D eigenvalue weighted by atomic mass is 19.1. The van der Waals surface area contributed by atoms with Gasteiger partial charge in [0.15, 0.2) is 6.10 Å². The minimum Gasteiger partial charge on any atom is -0.453 e. The van der Waals surface area contributed by atoms with Gasteiger partial charge in [0.05, 0.1) is 11.6 Å². The number of esters is 1. The highest BCUT2D eigenvalue weighted by Crippen LogP contribution is 2.11. The Morgan fingerprint density at radius 2 is 1.96 bits per heavy atom. The second-order valence-corrected chi connectivity index (χ2v) is 5.44. The van der Waals surface area contributed by atoms with Crippen LogP contribution in [0.15, 0.2) is 48.5 Å². The molecule has 0 aromatic heterocycles. The monoisotopic (exact) mass is 340 g/mol. The maximum atomic E-state index is 12.8. The van der Waals surface area contributed by atoms with Gasteiger partial charge in [0.2, 0.25) is 0 Å². The molecule has 1 atom stereocenters.